The molecule has 1 aromatic carbocycles. The van der Waals surface area contributed by atoms with Crippen LogP contribution in [0.1, 0.15) is 39.2 Å². The largest absolute Gasteiger partial charge is 0.373 e. The van der Waals surface area contributed by atoms with Gasteiger partial charge in [-0.05, 0) is 31.9 Å². The summed E-state index contributed by atoms with van der Waals surface area (Å²) in [6, 6.07) is 7.48. The molecule has 1 fully saturated rings. The Morgan fingerprint density at radius 2 is 2.00 bits per heavy atom. The Bertz CT molecular complexity index is 511. The Balaban J connectivity index is 2.15. The van der Waals surface area contributed by atoms with Crippen LogP contribution in [0.3, 0.4) is 0 Å². The van der Waals surface area contributed by atoms with Gasteiger partial charge in [0.05, 0.1) is 6.42 Å². The van der Waals surface area contributed by atoms with Crippen LogP contribution in [0.4, 0.5) is 5.69 Å². The zero-order chi connectivity index (χ0) is 14.7. The summed E-state index contributed by atoms with van der Waals surface area (Å²) in [5, 5.41) is 3.25. The van der Waals surface area contributed by atoms with Crippen LogP contribution >= 0.6 is 0 Å². The molecule has 0 aromatic heterocycles. The van der Waals surface area contributed by atoms with E-state index in [1.807, 2.05) is 32.0 Å². The maximum atomic E-state index is 12.3. The van der Waals surface area contributed by atoms with E-state index >= 15 is 0 Å². The van der Waals surface area contributed by atoms with Crippen molar-refractivity contribution in [1.82, 2.24) is 4.90 Å². The SMILES string of the molecule is CCCc1ccccc1NC1CC(=O)N(C(C)C)C1=O. The molecule has 1 N–H and O–H groups in total. The average molecular weight is 274 g/mol. The highest BCUT2D eigenvalue weighted by Gasteiger charge is 2.39. The number of para-hydroxylation sites is 1. The van der Waals surface area contributed by atoms with Gasteiger partial charge in [-0.1, -0.05) is 31.5 Å². The number of rotatable bonds is 5. The summed E-state index contributed by atoms with van der Waals surface area (Å²) in [6.07, 6.45) is 2.26. The van der Waals surface area contributed by atoms with E-state index in [0.717, 1.165) is 18.5 Å². The van der Waals surface area contributed by atoms with Crippen molar-refractivity contribution in [3.8, 4) is 0 Å². The van der Waals surface area contributed by atoms with Crippen molar-refractivity contribution >= 4 is 17.5 Å². The number of nitrogens with one attached hydrogen (secondary N) is 1. The first-order valence-electron chi connectivity index (χ1n) is 7.25. The molecule has 108 valence electrons. The Morgan fingerprint density at radius 3 is 2.60 bits per heavy atom. The van der Waals surface area contributed by atoms with E-state index in [-0.39, 0.29) is 24.3 Å². The van der Waals surface area contributed by atoms with Crippen LogP contribution in [-0.4, -0.2) is 28.8 Å². The number of aryl methyl sites for hydroxylation is 1. The highest BCUT2D eigenvalue weighted by atomic mass is 16.2. The van der Waals surface area contributed by atoms with Crippen LogP contribution in [0.2, 0.25) is 0 Å². The average Bonchev–Trinajstić information content (AvgIpc) is 2.67. The van der Waals surface area contributed by atoms with Gasteiger partial charge in [0.1, 0.15) is 6.04 Å². The van der Waals surface area contributed by atoms with Gasteiger partial charge >= 0.3 is 0 Å². The molecule has 4 heteroatoms. The third-order valence-electron chi connectivity index (χ3n) is 3.57. The molecule has 1 aliphatic heterocycles. The fourth-order valence-corrected chi connectivity index (χ4v) is 2.64. The lowest BCUT2D eigenvalue weighted by molar-refractivity contribution is -0.140. The fourth-order valence-electron chi connectivity index (χ4n) is 2.64. The minimum Gasteiger partial charge on any atom is -0.373 e. The van der Waals surface area contributed by atoms with E-state index in [9.17, 15) is 9.59 Å². The van der Waals surface area contributed by atoms with E-state index in [2.05, 4.69) is 18.3 Å². The van der Waals surface area contributed by atoms with E-state index in [4.69, 9.17) is 0 Å². The summed E-state index contributed by atoms with van der Waals surface area (Å²) in [6.45, 7) is 5.86. The monoisotopic (exact) mass is 274 g/mol. The van der Waals surface area contributed by atoms with Crippen LogP contribution in [0.25, 0.3) is 0 Å². The predicted octanol–water partition coefficient (Wildman–Crippen LogP) is 2.59. The first kappa shape index (κ1) is 14.6. The third kappa shape index (κ3) is 2.84. The number of likely N-dealkylation sites (tertiary alicyclic amines) is 1. The zero-order valence-electron chi connectivity index (χ0n) is 12.3. The summed E-state index contributed by atoms with van der Waals surface area (Å²) < 4.78 is 0. The number of nitrogens with zero attached hydrogens (tertiary/aromatic N) is 1. The molecule has 2 rings (SSSR count). The number of carbonyl (C=O) groups is 2. The van der Waals surface area contributed by atoms with Gasteiger partial charge in [0.15, 0.2) is 0 Å². The van der Waals surface area contributed by atoms with Gasteiger partial charge in [0, 0.05) is 11.7 Å². The molecule has 1 heterocycles. The molecular formula is C16H22N2O2. The lowest BCUT2D eigenvalue weighted by atomic mass is 10.1. The van der Waals surface area contributed by atoms with Crippen LogP contribution in [-0.2, 0) is 16.0 Å². The highest BCUT2D eigenvalue weighted by Crippen LogP contribution is 2.23. The smallest absolute Gasteiger partial charge is 0.252 e. The van der Waals surface area contributed by atoms with E-state index in [1.165, 1.54) is 10.5 Å². The van der Waals surface area contributed by atoms with Gasteiger partial charge in [-0.15, -0.1) is 0 Å². The van der Waals surface area contributed by atoms with Crippen molar-refractivity contribution in [2.75, 3.05) is 5.32 Å². The second kappa shape index (κ2) is 6.07. The number of benzene rings is 1. The maximum Gasteiger partial charge on any atom is 0.252 e. The van der Waals surface area contributed by atoms with Crippen molar-refractivity contribution in [3.63, 3.8) is 0 Å². The quantitative estimate of drug-likeness (QED) is 0.840. The minimum atomic E-state index is -0.428. The second-order valence-corrected chi connectivity index (χ2v) is 5.50. The fraction of sp³-hybridized carbons (Fsp3) is 0.500. The van der Waals surface area contributed by atoms with Gasteiger partial charge in [-0.3, -0.25) is 14.5 Å². The molecule has 1 saturated heterocycles. The number of hydrogen-bond donors (Lipinski definition) is 1. The highest BCUT2D eigenvalue weighted by molar-refractivity contribution is 6.07. The van der Waals surface area contributed by atoms with E-state index < -0.39 is 6.04 Å². The number of anilines is 1. The van der Waals surface area contributed by atoms with E-state index in [0.29, 0.717) is 0 Å². The second-order valence-electron chi connectivity index (χ2n) is 5.50. The lowest BCUT2D eigenvalue weighted by Gasteiger charge is -2.20. The van der Waals surface area contributed by atoms with Crippen molar-refractivity contribution < 1.29 is 9.59 Å². The molecule has 0 spiro atoms. The summed E-state index contributed by atoms with van der Waals surface area (Å²) in [5.74, 6) is -0.202. The number of amides is 2. The summed E-state index contributed by atoms with van der Waals surface area (Å²) >= 11 is 0. The van der Waals surface area contributed by atoms with Crippen LogP contribution in [0, 0.1) is 0 Å². The molecule has 2 amide bonds. The van der Waals surface area contributed by atoms with Crippen molar-refractivity contribution in [3.05, 3.63) is 29.8 Å². The molecule has 0 saturated carbocycles. The molecule has 1 aromatic rings. The molecule has 0 radical (unpaired) electrons. The molecule has 1 aliphatic rings. The summed E-state index contributed by atoms with van der Waals surface area (Å²) in [4.78, 5) is 25.5. The zero-order valence-corrected chi connectivity index (χ0v) is 12.3. The standard InChI is InChI=1S/C16H22N2O2/c1-4-7-12-8-5-6-9-13(12)17-14-10-15(19)18(11(2)3)16(14)20/h5-6,8-9,11,14,17H,4,7,10H2,1-3H3. The Hall–Kier alpha value is -1.84. The molecule has 0 aliphatic carbocycles. The number of carbonyl (C=O) groups excluding carboxylic acids is 2. The lowest BCUT2D eigenvalue weighted by Crippen LogP contribution is -2.39. The van der Waals surface area contributed by atoms with Gasteiger partial charge in [0.25, 0.3) is 5.91 Å². The normalized spacial score (nSPS) is 19.0. The molecular weight excluding hydrogens is 252 g/mol. The van der Waals surface area contributed by atoms with Crippen LogP contribution in [0.5, 0.6) is 0 Å². The Labute approximate surface area is 120 Å². The van der Waals surface area contributed by atoms with E-state index in [1.54, 1.807) is 0 Å². The number of hydrogen-bond acceptors (Lipinski definition) is 3. The summed E-state index contributed by atoms with van der Waals surface area (Å²) in [5.41, 5.74) is 2.16. The van der Waals surface area contributed by atoms with Crippen molar-refractivity contribution in [2.24, 2.45) is 0 Å². The van der Waals surface area contributed by atoms with Crippen LogP contribution < -0.4 is 5.32 Å². The molecule has 20 heavy (non-hydrogen) atoms. The third-order valence-corrected chi connectivity index (χ3v) is 3.57. The maximum absolute atomic E-state index is 12.3. The van der Waals surface area contributed by atoms with Crippen molar-refractivity contribution in [2.45, 2.75) is 52.1 Å². The first-order chi connectivity index (χ1) is 9.54. The molecule has 0 bridgehead atoms. The number of imide groups is 1. The molecule has 1 unspecified atom stereocenters. The minimum absolute atomic E-state index is 0.0762. The van der Waals surface area contributed by atoms with Crippen molar-refractivity contribution in [1.29, 1.82) is 0 Å². The molecule has 4 nitrogen and oxygen atoms in total. The van der Waals surface area contributed by atoms with Gasteiger partial charge in [0.2, 0.25) is 5.91 Å². The van der Waals surface area contributed by atoms with Crippen LogP contribution in [0.15, 0.2) is 24.3 Å². The Kier molecular flexibility index (Phi) is 4.42. The first-order valence-corrected chi connectivity index (χ1v) is 7.25. The van der Waals surface area contributed by atoms with Gasteiger partial charge in [-0.25, -0.2) is 0 Å². The predicted molar refractivity (Wildman–Crippen MR) is 79.5 cm³/mol. The molecule has 1 atom stereocenters. The summed E-state index contributed by atoms with van der Waals surface area (Å²) in [7, 11) is 0. The Morgan fingerprint density at radius 1 is 1.30 bits per heavy atom. The van der Waals surface area contributed by atoms with Gasteiger partial charge in [-0.2, -0.15) is 0 Å². The van der Waals surface area contributed by atoms with Gasteiger partial charge < -0.3 is 5.32 Å². The topological polar surface area (TPSA) is 49.4 Å².